The zero-order chi connectivity index (χ0) is 29.1. The van der Waals surface area contributed by atoms with Crippen molar-refractivity contribution in [2.24, 2.45) is 11.1 Å². The SMILES string of the molecule is CN(C)N(C)C(=O)[C@]1(Cc2ccccc2)CCCN(C(=O)[C@@H](Cc2c[nH]c3ccccc23)NC(=O)C(C)(C)N)C1. The number of aromatic amines is 1. The predicted molar refractivity (Wildman–Crippen MR) is 157 cm³/mol. The Bertz CT molecular complexity index is 1350. The van der Waals surface area contributed by atoms with Crippen LogP contribution in [-0.2, 0) is 27.2 Å². The number of nitrogens with one attached hydrogen (secondary N) is 2. The van der Waals surface area contributed by atoms with Crippen LogP contribution in [0.15, 0.2) is 60.8 Å². The van der Waals surface area contributed by atoms with E-state index in [0.717, 1.165) is 22.0 Å². The lowest BCUT2D eigenvalue weighted by Gasteiger charge is -2.45. The topological polar surface area (TPSA) is 115 Å². The Morgan fingerprint density at radius 1 is 1.07 bits per heavy atom. The molecule has 0 bridgehead atoms. The molecular weight excluding hydrogens is 504 g/mol. The van der Waals surface area contributed by atoms with Crippen LogP contribution >= 0.6 is 0 Å². The van der Waals surface area contributed by atoms with E-state index in [1.54, 1.807) is 35.8 Å². The minimum absolute atomic E-state index is 0.0286. The zero-order valence-corrected chi connectivity index (χ0v) is 24.2. The van der Waals surface area contributed by atoms with E-state index in [0.29, 0.717) is 32.2 Å². The number of rotatable bonds is 9. The fraction of sp³-hybridized carbons (Fsp3) is 0.452. The van der Waals surface area contributed by atoms with E-state index in [1.165, 1.54) is 0 Å². The molecule has 0 unspecified atom stereocenters. The van der Waals surface area contributed by atoms with E-state index >= 15 is 0 Å². The highest BCUT2D eigenvalue weighted by Gasteiger charge is 2.46. The van der Waals surface area contributed by atoms with Gasteiger partial charge >= 0.3 is 0 Å². The molecule has 9 nitrogen and oxygen atoms in total. The van der Waals surface area contributed by atoms with Gasteiger partial charge in [-0.3, -0.25) is 19.4 Å². The first-order chi connectivity index (χ1) is 18.9. The van der Waals surface area contributed by atoms with Crippen LogP contribution in [0.2, 0.25) is 0 Å². The van der Waals surface area contributed by atoms with Crippen molar-refractivity contribution in [3.63, 3.8) is 0 Å². The molecule has 1 fully saturated rings. The van der Waals surface area contributed by atoms with Crippen LogP contribution in [0.3, 0.4) is 0 Å². The number of fused-ring (bicyclic) bond motifs is 1. The van der Waals surface area contributed by atoms with Gasteiger partial charge in [-0.2, -0.15) is 0 Å². The molecule has 1 aliphatic heterocycles. The third-order valence-electron chi connectivity index (χ3n) is 7.91. The molecule has 1 aromatic heterocycles. The molecule has 2 aromatic carbocycles. The smallest absolute Gasteiger partial charge is 0.245 e. The molecule has 3 aromatic rings. The predicted octanol–water partition coefficient (Wildman–Crippen LogP) is 2.72. The normalized spacial score (nSPS) is 18.5. The van der Waals surface area contributed by atoms with Crippen molar-refractivity contribution < 1.29 is 14.4 Å². The number of hydrazine groups is 1. The van der Waals surface area contributed by atoms with Crippen molar-refractivity contribution in [3.05, 3.63) is 71.9 Å². The van der Waals surface area contributed by atoms with Gasteiger partial charge in [0.05, 0.1) is 11.0 Å². The van der Waals surface area contributed by atoms with E-state index in [2.05, 4.69) is 10.3 Å². The lowest BCUT2D eigenvalue weighted by molar-refractivity contribution is -0.159. The van der Waals surface area contributed by atoms with E-state index < -0.39 is 22.9 Å². The maximum absolute atomic E-state index is 14.2. The number of amides is 3. The van der Waals surface area contributed by atoms with Crippen molar-refractivity contribution in [3.8, 4) is 0 Å². The van der Waals surface area contributed by atoms with E-state index in [1.807, 2.05) is 74.9 Å². The molecule has 1 aliphatic rings. The number of likely N-dealkylation sites (tertiary alicyclic amines) is 1. The Balaban J connectivity index is 1.66. The summed E-state index contributed by atoms with van der Waals surface area (Å²) < 4.78 is 0. The Morgan fingerprint density at radius 2 is 1.75 bits per heavy atom. The van der Waals surface area contributed by atoms with Crippen molar-refractivity contribution in [2.45, 2.75) is 51.1 Å². The minimum Gasteiger partial charge on any atom is -0.361 e. The summed E-state index contributed by atoms with van der Waals surface area (Å²) in [6.07, 6.45) is 4.05. The molecule has 0 saturated carbocycles. The molecule has 0 radical (unpaired) electrons. The summed E-state index contributed by atoms with van der Waals surface area (Å²) >= 11 is 0. The maximum atomic E-state index is 14.2. The first kappa shape index (κ1) is 29.3. The Kier molecular flexibility index (Phi) is 8.65. The fourth-order valence-electron chi connectivity index (χ4n) is 5.51. The molecule has 9 heteroatoms. The molecule has 1 saturated heterocycles. The van der Waals surface area contributed by atoms with Crippen molar-refractivity contribution in [1.29, 1.82) is 0 Å². The molecule has 4 N–H and O–H groups in total. The second kappa shape index (κ2) is 11.8. The third kappa shape index (κ3) is 6.37. The van der Waals surface area contributed by atoms with Gasteiger partial charge in [0, 0.05) is 57.8 Å². The van der Waals surface area contributed by atoms with E-state index in [4.69, 9.17) is 5.73 Å². The second-order valence-electron chi connectivity index (χ2n) is 11.8. The number of para-hydroxylation sites is 1. The standard InChI is InChI=1S/C31H42N6O3/c1-30(2,32)28(39)34-26(18-23-20-33-25-15-10-9-14-24(23)25)27(38)37-17-11-16-31(21-37,29(40)36(5)35(3)4)19-22-12-7-6-8-13-22/h6-10,12-15,20,26,33H,11,16-19,21,32H2,1-5H3,(H,34,39)/t26-,31+/m1/s1. The lowest BCUT2D eigenvalue weighted by Crippen LogP contribution is -2.61. The number of aromatic nitrogens is 1. The monoisotopic (exact) mass is 546 g/mol. The average Bonchev–Trinajstić information content (AvgIpc) is 3.34. The summed E-state index contributed by atoms with van der Waals surface area (Å²) in [6, 6.07) is 17.0. The van der Waals surface area contributed by atoms with Crippen LogP contribution in [0.25, 0.3) is 10.9 Å². The molecule has 0 aliphatic carbocycles. The van der Waals surface area contributed by atoms with Gasteiger partial charge in [-0.1, -0.05) is 48.5 Å². The number of benzene rings is 2. The van der Waals surface area contributed by atoms with Crippen molar-refractivity contribution in [2.75, 3.05) is 34.2 Å². The van der Waals surface area contributed by atoms with Crippen LogP contribution in [0.1, 0.15) is 37.8 Å². The molecule has 214 valence electrons. The van der Waals surface area contributed by atoms with Crippen LogP contribution in [0.4, 0.5) is 0 Å². The minimum atomic E-state index is -1.15. The van der Waals surface area contributed by atoms with Gasteiger partial charge in [0.1, 0.15) is 6.04 Å². The van der Waals surface area contributed by atoms with Crippen molar-refractivity contribution >= 4 is 28.6 Å². The average molecular weight is 547 g/mol. The molecular formula is C31H42N6O3. The largest absolute Gasteiger partial charge is 0.361 e. The van der Waals surface area contributed by atoms with Gasteiger partial charge in [0.25, 0.3) is 0 Å². The number of carbonyl (C=O) groups is 3. The summed E-state index contributed by atoms with van der Waals surface area (Å²) in [7, 11) is 5.43. The van der Waals surface area contributed by atoms with Crippen LogP contribution in [0.5, 0.6) is 0 Å². The Morgan fingerprint density at radius 3 is 2.42 bits per heavy atom. The van der Waals surface area contributed by atoms with Gasteiger partial charge in [-0.15, -0.1) is 0 Å². The highest BCUT2D eigenvalue weighted by Crippen LogP contribution is 2.36. The lowest BCUT2D eigenvalue weighted by atomic mass is 9.74. The Labute approximate surface area is 236 Å². The second-order valence-corrected chi connectivity index (χ2v) is 11.8. The van der Waals surface area contributed by atoms with Gasteiger partial charge in [0.2, 0.25) is 17.7 Å². The molecule has 40 heavy (non-hydrogen) atoms. The number of nitrogens with two attached hydrogens (primary N) is 1. The number of carbonyl (C=O) groups excluding carboxylic acids is 3. The fourth-order valence-corrected chi connectivity index (χ4v) is 5.51. The van der Waals surface area contributed by atoms with E-state index in [9.17, 15) is 14.4 Å². The Hall–Kier alpha value is -3.69. The molecule has 2 atom stereocenters. The highest BCUT2D eigenvalue weighted by atomic mass is 16.2. The van der Waals surface area contributed by atoms with Crippen LogP contribution in [0, 0.1) is 5.41 Å². The maximum Gasteiger partial charge on any atom is 0.245 e. The first-order valence-corrected chi connectivity index (χ1v) is 13.8. The highest BCUT2D eigenvalue weighted by molar-refractivity contribution is 5.93. The zero-order valence-electron chi connectivity index (χ0n) is 24.2. The molecule has 4 rings (SSSR count). The molecule has 3 amide bonds. The molecule has 0 spiro atoms. The van der Waals surface area contributed by atoms with Crippen LogP contribution in [-0.4, -0.2) is 83.4 Å². The first-order valence-electron chi connectivity index (χ1n) is 13.8. The van der Waals surface area contributed by atoms with Gasteiger partial charge in [0.15, 0.2) is 0 Å². The van der Waals surface area contributed by atoms with Crippen molar-refractivity contribution in [1.82, 2.24) is 25.2 Å². The van der Waals surface area contributed by atoms with Crippen LogP contribution < -0.4 is 11.1 Å². The van der Waals surface area contributed by atoms with Gasteiger partial charge in [-0.05, 0) is 50.3 Å². The number of hydrogen-bond acceptors (Lipinski definition) is 5. The summed E-state index contributed by atoms with van der Waals surface area (Å²) in [5.74, 6) is -0.638. The summed E-state index contributed by atoms with van der Waals surface area (Å²) in [5.41, 5.74) is 7.10. The van der Waals surface area contributed by atoms with Gasteiger partial charge in [-0.25, -0.2) is 5.01 Å². The summed E-state index contributed by atoms with van der Waals surface area (Å²) in [6.45, 7) is 4.03. The summed E-state index contributed by atoms with van der Waals surface area (Å²) in [5, 5.41) is 7.32. The number of hydrogen-bond donors (Lipinski definition) is 3. The van der Waals surface area contributed by atoms with E-state index in [-0.39, 0.29) is 18.4 Å². The number of nitrogens with zero attached hydrogens (tertiary/aromatic N) is 3. The van der Waals surface area contributed by atoms with Gasteiger partial charge < -0.3 is 20.9 Å². The third-order valence-corrected chi connectivity index (χ3v) is 7.91. The molecule has 2 heterocycles. The number of piperidine rings is 1. The number of H-pyrrole nitrogens is 1. The summed E-state index contributed by atoms with van der Waals surface area (Å²) in [4.78, 5) is 46.2. The quantitative estimate of drug-likeness (QED) is 0.357.